The molecule has 1 atom stereocenters. The number of carbonyl (C=O) groups is 3. The van der Waals surface area contributed by atoms with E-state index in [1.165, 1.54) is 25.3 Å². The van der Waals surface area contributed by atoms with Gasteiger partial charge in [-0.2, -0.15) is 0 Å². The SMILES string of the molecule is CCOC(=O)c1sc(N2C(=O)C(=O)C(=C(O)c3ccc(OC)c(C)c3)[C@H]2c2ccccc2F)nc1C. The molecule has 8 nitrogen and oxygen atoms in total. The molecule has 0 spiro atoms. The van der Waals surface area contributed by atoms with Crippen LogP contribution in [0.4, 0.5) is 9.52 Å². The minimum atomic E-state index is -1.31. The van der Waals surface area contributed by atoms with Crippen molar-refractivity contribution in [1.29, 1.82) is 0 Å². The molecule has 0 saturated carbocycles. The molecule has 0 aliphatic carbocycles. The van der Waals surface area contributed by atoms with Gasteiger partial charge in [-0.05, 0) is 50.6 Å². The number of aliphatic hydroxyl groups is 1. The number of carbonyl (C=O) groups excluding carboxylic acids is 3. The number of aromatic nitrogens is 1. The van der Waals surface area contributed by atoms with Crippen LogP contribution in [0.2, 0.25) is 0 Å². The Bertz CT molecular complexity index is 1410. The molecule has 0 bridgehead atoms. The van der Waals surface area contributed by atoms with Crippen LogP contribution in [0.25, 0.3) is 5.76 Å². The zero-order valence-corrected chi connectivity index (χ0v) is 20.8. The molecule has 1 fully saturated rings. The lowest BCUT2D eigenvalue weighted by Crippen LogP contribution is -2.29. The van der Waals surface area contributed by atoms with E-state index in [0.717, 1.165) is 16.2 Å². The highest BCUT2D eigenvalue weighted by Crippen LogP contribution is 2.44. The summed E-state index contributed by atoms with van der Waals surface area (Å²) in [4.78, 5) is 44.4. The molecule has 1 N–H and O–H groups in total. The molecule has 10 heteroatoms. The maximum absolute atomic E-state index is 15.0. The summed E-state index contributed by atoms with van der Waals surface area (Å²) >= 11 is 0.856. The highest BCUT2D eigenvalue weighted by atomic mass is 32.1. The van der Waals surface area contributed by atoms with Gasteiger partial charge in [0.15, 0.2) is 5.13 Å². The molecule has 0 unspecified atom stereocenters. The first-order valence-electron chi connectivity index (χ1n) is 11.0. The first kappa shape index (κ1) is 25.1. The molecule has 2 aromatic carbocycles. The van der Waals surface area contributed by atoms with Crippen LogP contribution in [-0.4, -0.2) is 41.5 Å². The minimum absolute atomic E-state index is 0.00554. The number of esters is 1. The summed E-state index contributed by atoms with van der Waals surface area (Å²) in [5.41, 5.74) is 0.950. The number of benzene rings is 2. The van der Waals surface area contributed by atoms with E-state index in [1.807, 2.05) is 0 Å². The number of hydrogen-bond donors (Lipinski definition) is 1. The Morgan fingerprint density at radius 1 is 1.19 bits per heavy atom. The number of thiazole rings is 1. The zero-order chi connectivity index (χ0) is 26.1. The number of nitrogens with zero attached hydrogens (tertiary/aromatic N) is 2. The van der Waals surface area contributed by atoms with E-state index in [0.29, 0.717) is 17.0 Å². The van der Waals surface area contributed by atoms with E-state index in [9.17, 15) is 19.5 Å². The molecule has 1 aliphatic rings. The van der Waals surface area contributed by atoms with Crippen molar-refractivity contribution in [3.05, 3.63) is 81.1 Å². The summed E-state index contributed by atoms with van der Waals surface area (Å²) in [5.74, 6) is -3.19. The molecule has 2 heterocycles. The van der Waals surface area contributed by atoms with E-state index < -0.39 is 35.3 Å². The molecule has 1 aromatic heterocycles. The van der Waals surface area contributed by atoms with E-state index in [4.69, 9.17) is 9.47 Å². The fraction of sp³-hybridized carbons (Fsp3) is 0.231. The van der Waals surface area contributed by atoms with Gasteiger partial charge >= 0.3 is 11.9 Å². The third-order valence-electron chi connectivity index (χ3n) is 5.76. The van der Waals surface area contributed by atoms with Crippen molar-refractivity contribution in [2.75, 3.05) is 18.6 Å². The van der Waals surface area contributed by atoms with Crippen molar-refractivity contribution in [3.63, 3.8) is 0 Å². The summed E-state index contributed by atoms with van der Waals surface area (Å²) < 4.78 is 25.3. The van der Waals surface area contributed by atoms with Gasteiger partial charge in [-0.3, -0.25) is 14.5 Å². The second-order valence-corrected chi connectivity index (χ2v) is 8.98. The van der Waals surface area contributed by atoms with Crippen molar-refractivity contribution in [1.82, 2.24) is 4.98 Å². The Balaban J connectivity index is 1.93. The first-order valence-corrected chi connectivity index (χ1v) is 11.9. The van der Waals surface area contributed by atoms with Crippen molar-refractivity contribution >= 4 is 39.9 Å². The summed E-state index contributed by atoms with van der Waals surface area (Å²) in [6.45, 7) is 5.14. The van der Waals surface area contributed by atoms with Crippen LogP contribution >= 0.6 is 11.3 Å². The van der Waals surface area contributed by atoms with E-state index in [2.05, 4.69) is 4.98 Å². The van der Waals surface area contributed by atoms with E-state index >= 15 is 4.39 Å². The Morgan fingerprint density at radius 3 is 2.56 bits per heavy atom. The number of aliphatic hydroxyl groups excluding tert-OH is 1. The largest absolute Gasteiger partial charge is 0.507 e. The zero-order valence-electron chi connectivity index (χ0n) is 20.0. The van der Waals surface area contributed by atoms with Crippen molar-refractivity contribution in [2.24, 2.45) is 0 Å². The molecule has 1 saturated heterocycles. The molecule has 186 valence electrons. The topological polar surface area (TPSA) is 106 Å². The van der Waals surface area contributed by atoms with Crippen LogP contribution in [0.3, 0.4) is 0 Å². The summed E-state index contributed by atoms with van der Waals surface area (Å²) in [6.07, 6.45) is 0. The van der Waals surface area contributed by atoms with Gasteiger partial charge in [0.25, 0.3) is 5.78 Å². The molecule has 36 heavy (non-hydrogen) atoms. The van der Waals surface area contributed by atoms with Gasteiger partial charge < -0.3 is 14.6 Å². The van der Waals surface area contributed by atoms with Gasteiger partial charge in [0.2, 0.25) is 0 Å². The second-order valence-electron chi connectivity index (χ2n) is 8.01. The smallest absolute Gasteiger partial charge is 0.350 e. The van der Waals surface area contributed by atoms with E-state index in [1.54, 1.807) is 45.0 Å². The monoisotopic (exact) mass is 510 g/mol. The number of ketones is 1. The summed E-state index contributed by atoms with van der Waals surface area (Å²) in [7, 11) is 1.51. The van der Waals surface area contributed by atoms with Gasteiger partial charge in [0.05, 0.1) is 25.0 Å². The number of anilines is 1. The maximum atomic E-state index is 15.0. The van der Waals surface area contributed by atoms with Crippen molar-refractivity contribution < 1.29 is 33.4 Å². The van der Waals surface area contributed by atoms with Crippen LogP contribution in [0.15, 0.2) is 48.0 Å². The maximum Gasteiger partial charge on any atom is 0.350 e. The van der Waals surface area contributed by atoms with Gasteiger partial charge in [-0.25, -0.2) is 14.2 Å². The average molecular weight is 511 g/mol. The van der Waals surface area contributed by atoms with Crippen LogP contribution < -0.4 is 9.64 Å². The lowest BCUT2D eigenvalue weighted by atomic mass is 9.94. The molecule has 1 aliphatic heterocycles. The van der Waals surface area contributed by atoms with Crippen LogP contribution in [0, 0.1) is 19.7 Å². The summed E-state index contributed by atoms with van der Waals surface area (Å²) in [5, 5.41) is 11.2. The molecule has 4 rings (SSSR count). The van der Waals surface area contributed by atoms with Gasteiger partial charge in [-0.1, -0.05) is 29.5 Å². The van der Waals surface area contributed by atoms with Crippen molar-refractivity contribution in [2.45, 2.75) is 26.8 Å². The third kappa shape index (κ3) is 4.24. The molecule has 0 radical (unpaired) electrons. The van der Waals surface area contributed by atoms with Gasteiger partial charge in [-0.15, -0.1) is 0 Å². The normalized spacial score (nSPS) is 16.9. The Kier molecular flexibility index (Phi) is 6.89. The fourth-order valence-electron chi connectivity index (χ4n) is 4.07. The lowest BCUT2D eigenvalue weighted by Gasteiger charge is -2.23. The molecule has 1 amide bonds. The number of aryl methyl sites for hydroxylation is 2. The standard InChI is InChI=1S/C26H23FN2O6S/c1-5-35-25(33)23-14(3)28-26(36-23)29-20(16-8-6-7-9-17(16)27)19(22(31)24(29)32)21(30)15-10-11-18(34-4)13(2)12-15/h6-12,20,30H,5H2,1-4H3/t20-/m1/s1. The Labute approximate surface area is 210 Å². The predicted octanol–water partition coefficient (Wildman–Crippen LogP) is 4.71. The number of ether oxygens (including phenoxy) is 2. The number of hydrogen-bond acceptors (Lipinski definition) is 8. The molecule has 3 aromatic rings. The first-order chi connectivity index (χ1) is 17.2. The molecular formula is C26H23FN2O6S. The van der Waals surface area contributed by atoms with Gasteiger partial charge in [0, 0.05) is 11.1 Å². The summed E-state index contributed by atoms with van der Waals surface area (Å²) in [6, 6.07) is 9.12. The highest BCUT2D eigenvalue weighted by Gasteiger charge is 2.49. The second kappa shape index (κ2) is 9.90. The van der Waals surface area contributed by atoms with E-state index in [-0.39, 0.29) is 33.3 Å². The number of Topliss-reactive ketones (excluding diaryl/α,β-unsaturated/α-hetero) is 1. The minimum Gasteiger partial charge on any atom is -0.507 e. The highest BCUT2D eigenvalue weighted by molar-refractivity contribution is 7.17. The molecular weight excluding hydrogens is 487 g/mol. The van der Waals surface area contributed by atoms with Crippen LogP contribution in [0.5, 0.6) is 5.75 Å². The van der Waals surface area contributed by atoms with Crippen molar-refractivity contribution in [3.8, 4) is 5.75 Å². The predicted molar refractivity (Wildman–Crippen MR) is 132 cm³/mol. The number of rotatable bonds is 6. The Hall–Kier alpha value is -4.05. The average Bonchev–Trinajstić information content (AvgIpc) is 3.36. The number of halogens is 1. The van der Waals surface area contributed by atoms with Gasteiger partial charge in [0.1, 0.15) is 28.2 Å². The third-order valence-corrected chi connectivity index (χ3v) is 6.90. The Morgan fingerprint density at radius 2 is 1.92 bits per heavy atom. The lowest BCUT2D eigenvalue weighted by molar-refractivity contribution is -0.132. The quantitative estimate of drug-likeness (QED) is 0.222. The fourth-order valence-corrected chi connectivity index (χ4v) is 5.06. The van der Waals surface area contributed by atoms with Crippen LogP contribution in [-0.2, 0) is 14.3 Å². The number of amides is 1. The number of methoxy groups -OCH3 is 1. The van der Waals surface area contributed by atoms with Crippen LogP contribution in [0.1, 0.15) is 45.0 Å².